The van der Waals surface area contributed by atoms with Gasteiger partial charge >= 0.3 is 0 Å². The van der Waals surface area contributed by atoms with Crippen LogP contribution >= 0.6 is 0 Å². The zero-order valence-electron chi connectivity index (χ0n) is 8.50. The van der Waals surface area contributed by atoms with Gasteiger partial charge in [0.2, 0.25) is 0 Å². The first-order chi connectivity index (χ1) is 7.22. The molecule has 1 aromatic rings. The third-order valence-electron chi connectivity index (χ3n) is 2.51. The largest absolute Gasteiger partial charge is 0.467 e. The summed E-state index contributed by atoms with van der Waals surface area (Å²) in [6.07, 6.45) is 0. The molecule has 2 rings (SSSR count). The number of fused-ring (bicyclic) bond motifs is 1. The Labute approximate surface area is 87.4 Å². The average molecular weight is 212 g/mol. The molecule has 1 aliphatic rings. The van der Waals surface area contributed by atoms with Crippen LogP contribution in [0.3, 0.4) is 0 Å². The summed E-state index contributed by atoms with van der Waals surface area (Å²) in [6.45, 7) is 2.34. The average Bonchev–Trinajstić information content (AvgIpc) is 2.26. The standard InChI is InChI=1S/C11H13FO3/c1-7(4-13)10-3-9(12)2-8-5-14-6-15-11(8)10/h2-3,7,13H,4-6H2,1H3/t7-/m1/s1. The Morgan fingerprint density at radius 3 is 3.07 bits per heavy atom. The Bertz CT molecular complexity index is 365. The van der Waals surface area contributed by atoms with E-state index in [1.807, 2.05) is 6.92 Å². The van der Waals surface area contributed by atoms with E-state index in [-0.39, 0.29) is 25.1 Å². The predicted molar refractivity (Wildman–Crippen MR) is 52.2 cm³/mol. The van der Waals surface area contributed by atoms with Gasteiger partial charge in [0, 0.05) is 23.7 Å². The molecule has 3 nitrogen and oxygen atoms in total. The molecule has 1 aliphatic heterocycles. The predicted octanol–water partition coefficient (Wildman–Crippen LogP) is 1.79. The van der Waals surface area contributed by atoms with E-state index in [0.717, 1.165) is 0 Å². The molecule has 0 amide bonds. The molecule has 0 unspecified atom stereocenters. The first-order valence-electron chi connectivity index (χ1n) is 4.86. The minimum atomic E-state index is -0.321. The van der Waals surface area contributed by atoms with Gasteiger partial charge in [0.15, 0.2) is 6.79 Å². The van der Waals surface area contributed by atoms with Crippen molar-refractivity contribution in [3.8, 4) is 5.75 Å². The van der Waals surface area contributed by atoms with Gasteiger partial charge < -0.3 is 14.6 Å². The number of rotatable bonds is 2. The van der Waals surface area contributed by atoms with Crippen molar-refractivity contribution in [3.05, 3.63) is 29.1 Å². The fraction of sp³-hybridized carbons (Fsp3) is 0.455. The van der Waals surface area contributed by atoms with E-state index in [1.54, 1.807) is 0 Å². The van der Waals surface area contributed by atoms with Crippen molar-refractivity contribution in [2.24, 2.45) is 0 Å². The molecule has 0 saturated heterocycles. The summed E-state index contributed by atoms with van der Waals surface area (Å²) in [5, 5.41) is 9.07. The number of hydrogen-bond donors (Lipinski definition) is 1. The van der Waals surface area contributed by atoms with Crippen molar-refractivity contribution in [2.75, 3.05) is 13.4 Å². The third-order valence-corrected chi connectivity index (χ3v) is 2.51. The summed E-state index contributed by atoms with van der Waals surface area (Å²) in [5.74, 6) is 0.204. The zero-order valence-corrected chi connectivity index (χ0v) is 8.50. The highest BCUT2D eigenvalue weighted by Gasteiger charge is 2.19. The fourth-order valence-electron chi connectivity index (χ4n) is 1.67. The van der Waals surface area contributed by atoms with Crippen LogP contribution in [0.5, 0.6) is 5.75 Å². The summed E-state index contributed by atoms with van der Waals surface area (Å²) < 4.78 is 23.7. The van der Waals surface area contributed by atoms with E-state index in [0.29, 0.717) is 23.5 Å². The summed E-state index contributed by atoms with van der Waals surface area (Å²) >= 11 is 0. The van der Waals surface area contributed by atoms with Gasteiger partial charge in [-0.05, 0) is 12.1 Å². The van der Waals surface area contributed by atoms with Crippen LogP contribution in [0.15, 0.2) is 12.1 Å². The number of aliphatic hydroxyl groups excluding tert-OH is 1. The van der Waals surface area contributed by atoms with Crippen LogP contribution in [0.25, 0.3) is 0 Å². The van der Waals surface area contributed by atoms with Crippen molar-refractivity contribution < 1.29 is 19.0 Å². The van der Waals surface area contributed by atoms with Crippen LogP contribution in [0, 0.1) is 5.82 Å². The number of hydrogen-bond acceptors (Lipinski definition) is 3. The highest BCUT2D eigenvalue weighted by atomic mass is 19.1. The van der Waals surface area contributed by atoms with Crippen LogP contribution in [0.2, 0.25) is 0 Å². The van der Waals surface area contributed by atoms with Gasteiger partial charge in [0.05, 0.1) is 6.61 Å². The first-order valence-corrected chi connectivity index (χ1v) is 4.86. The van der Waals surface area contributed by atoms with Gasteiger partial charge in [-0.1, -0.05) is 6.92 Å². The maximum atomic E-state index is 13.3. The Balaban J connectivity index is 2.47. The normalized spacial score (nSPS) is 16.7. The Morgan fingerprint density at radius 2 is 2.33 bits per heavy atom. The zero-order chi connectivity index (χ0) is 10.8. The summed E-state index contributed by atoms with van der Waals surface area (Å²) in [7, 11) is 0. The van der Waals surface area contributed by atoms with Crippen molar-refractivity contribution in [3.63, 3.8) is 0 Å². The minimum Gasteiger partial charge on any atom is -0.467 e. The second-order valence-corrected chi connectivity index (χ2v) is 3.68. The molecule has 15 heavy (non-hydrogen) atoms. The molecule has 0 spiro atoms. The Kier molecular flexibility index (Phi) is 2.88. The van der Waals surface area contributed by atoms with Crippen molar-refractivity contribution in [2.45, 2.75) is 19.4 Å². The van der Waals surface area contributed by atoms with Crippen LogP contribution in [0.4, 0.5) is 4.39 Å². The van der Waals surface area contributed by atoms with E-state index in [9.17, 15) is 4.39 Å². The molecular weight excluding hydrogens is 199 g/mol. The molecule has 1 N–H and O–H groups in total. The van der Waals surface area contributed by atoms with E-state index in [4.69, 9.17) is 14.6 Å². The van der Waals surface area contributed by atoms with E-state index in [2.05, 4.69) is 0 Å². The van der Waals surface area contributed by atoms with E-state index >= 15 is 0 Å². The lowest BCUT2D eigenvalue weighted by Gasteiger charge is -2.22. The summed E-state index contributed by atoms with van der Waals surface area (Å²) in [6, 6.07) is 2.81. The van der Waals surface area contributed by atoms with Gasteiger partial charge in [-0.2, -0.15) is 0 Å². The molecule has 0 radical (unpaired) electrons. The van der Waals surface area contributed by atoms with Crippen molar-refractivity contribution in [1.29, 1.82) is 0 Å². The second-order valence-electron chi connectivity index (χ2n) is 3.68. The van der Waals surface area contributed by atoms with Gasteiger partial charge in [-0.25, -0.2) is 4.39 Å². The molecule has 1 atom stereocenters. The second kappa shape index (κ2) is 4.16. The molecular formula is C11H13FO3. The minimum absolute atomic E-state index is 0.0277. The van der Waals surface area contributed by atoms with E-state index < -0.39 is 0 Å². The van der Waals surface area contributed by atoms with Crippen LogP contribution < -0.4 is 4.74 Å². The molecule has 0 aliphatic carbocycles. The fourth-order valence-corrected chi connectivity index (χ4v) is 1.67. The maximum absolute atomic E-state index is 13.3. The third kappa shape index (κ3) is 1.96. The summed E-state index contributed by atoms with van der Waals surface area (Å²) in [5.41, 5.74) is 1.41. The molecule has 1 heterocycles. The number of aliphatic hydroxyl groups is 1. The lowest BCUT2D eigenvalue weighted by atomic mass is 9.98. The Hall–Kier alpha value is -1.13. The molecule has 4 heteroatoms. The number of ether oxygens (including phenoxy) is 2. The lowest BCUT2D eigenvalue weighted by molar-refractivity contribution is -0.0176. The Morgan fingerprint density at radius 1 is 1.53 bits per heavy atom. The molecule has 0 fully saturated rings. The van der Waals surface area contributed by atoms with Crippen LogP contribution in [-0.4, -0.2) is 18.5 Å². The molecule has 0 bridgehead atoms. The topological polar surface area (TPSA) is 38.7 Å². The van der Waals surface area contributed by atoms with Crippen LogP contribution in [-0.2, 0) is 11.3 Å². The molecule has 82 valence electrons. The van der Waals surface area contributed by atoms with Gasteiger partial charge in [-0.15, -0.1) is 0 Å². The SMILES string of the molecule is C[C@H](CO)c1cc(F)cc2c1OCOC2. The van der Waals surface area contributed by atoms with Crippen LogP contribution in [0.1, 0.15) is 24.0 Å². The highest BCUT2D eigenvalue weighted by Crippen LogP contribution is 2.33. The highest BCUT2D eigenvalue weighted by molar-refractivity contribution is 5.44. The van der Waals surface area contributed by atoms with Gasteiger partial charge in [0.25, 0.3) is 0 Å². The summed E-state index contributed by atoms with van der Waals surface area (Å²) in [4.78, 5) is 0. The number of halogens is 1. The van der Waals surface area contributed by atoms with Gasteiger partial charge in [0.1, 0.15) is 11.6 Å². The smallest absolute Gasteiger partial charge is 0.189 e. The first kappa shape index (κ1) is 10.4. The van der Waals surface area contributed by atoms with Crippen molar-refractivity contribution >= 4 is 0 Å². The molecule has 0 saturated carbocycles. The lowest BCUT2D eigenvalue weighted by Crippen LogP contribution is -2.15. The van der Waals surface area contributed by atoms with Gasteiger partial charge in [-0.3, -0.25) is 0 Å². The molecule has 1 aromatic carbocycles. The quantitative estimate of drug-likeness (QED) is 0.812. The monoisotopic (exact) mass is 212 g/mol. The van der Waals surface area contributed by atoms with Crippen molar-refractivity contribution in [1.82, 2.24) is 0 Å². The number of benzene rings is 1. The van der Waals surface area contributed by atoms with E-state index in [1.165, 1.54) is 12.1 Å². The maximum Gasteiger partial charge on any atom is 0.189 e. The molecule has 0 aromatic heterocycles.